The molecule has 3 N–H and O–H groups in total. The zero-order valence-electron chi connectivity index (χ0n) is 17.7. The Morgan fingerprint density at radius 2 is 2.03 bits per heavy atom. The first-order chi connectivity index (χ1) is 14.5. The SMILES string of the molecule is CCCCC(C)Oc1cccc2nc(-c3ccccc3C)cc(NC(=N)NC=O)c12. The summed E-state index contributed by atoms with van der Waals surface area (Å²) in [7, 11) is 0. The summed E-state index contributed by atoms with van der Waals surface area (Å²) >= 11 is 0. The van der Waals surface area contributed by atoms with Gasteiger partial charge in [-0.15, -0.1) is 0 Å². The molecule has 6 heteroatoms. The smallest absolute Gasteiger partial charge is 0.213 e. The second-order valence-corrected chi connectivity index (χ2v) is 7.35. The molecule has 1 unspecified atom stereocenters. The molecule has 6 nitrogen and oxygen atoms in total. The van der Waals surface area contributed by atoms with Crippen molar-refractivity contribution in [1.29, 1.82) is 5.41 Å². The zero-order chi connectivity index (χ0) is 21.5. The summed E-state index contributed by atoms with van der Waals surface area (Å²) in [5.41, 5.74) is 4.34. The number of nitrogens with one attached hydrogen (secondary N) is 3. The summed E-state index contributed by atoms with van der Waals surface area (Å²) in [5.74, 6) is 0.600. The lowest BCUT2D eigenvalue weighted by Gasteiger charge is -2.19. The Balaban J connectivity index is 2.12. The second kappa shape index (κ2) is 9.87. The average molecular weight is 405 g/mol. The normalized spacial score (nSPS) is 11.7. The van der Waals surface area contributed by atoms with Gasteiger partial charge < -0.3 is 10.1 Å². The number of carbonyl (C=O) groups excluding carboxylic acids is 1. The van der Waals surface area contributed by atoms with E-state index < -0.39 is 0 Å². The number of rotatable bonds is 8. The molecular weight excluding hydrogens is 376 g/mol. The maximum absolute atomic E-state index is 10.8. The minimum atomic E-state index is -0.109. The third-order valence-corrected chi connectivity index (χ3v) is 4.97. The van der Waals surface area contributed by atoms with Crippen molar-refractivity contribution >= 4 is 29.0 Å². The van der Waals surface area contributed by atoms with Gasteiger partial charge in [0, 0.05) is 5.56 Å². The van der Waals surface area contributed by atoms with E-state index in [1.807, 2.05) is 55.5 Å². The Bertz CT molecular complexity index is 1050. The van der Waals surface area contributed by atoms with Gasteiger partial charge in [-0.2, -0.15) is 0 Å². The van der Waals surface area contributed by atoms with E-state index in [1.165, 1.54) is 0 Å². The number of amides is 1. The minimum absolute atomic E-state index is 0.0620. The molecule has 0 aliphatic carbocycles. The number of carbonyl (C=O) groups is 1. The number of hydrogen-bond donors (Lipinski definition) is 3. The second-order valence-electron chi connectivity index (χ2n) is 7.35. The van der Waals surface area contributed by atoms with E-state index in [-0.39, 0.29) is 12.1 Å². The molecule has 0 spiro atoms. The molecule has 156 valence electrons. The van der Waals surface area contributed by atoms with Gasteiger partial charge in [0.15, 0.2) is 5.96 Å². The number of guanidine groups is 1. The van der Waals surface area contributed by atoms with Gasteiger partial charge in [0.2, 0.25) is 6.41 Å². The van der Waals surface area contributed by atoms with Crippen LogP contribution in [0, 0.1) is 12.3 Å². The van der Waals surface area contributed by atoms with Crippen molar-refractivity contribution in [2.45, 2.75) is 46.1 Å². The molecule has 1 heterocycles. The van der Waals surface area contributed by atoms with Crippen LogP contribution in [0.15, 0.2) is 48.5 Å². The van der Waals surface area contributed by atoms with E-state index in [1.54, 1.807) is 0 Å². The van der Waals surface area contributed by atoms with Crippen molar-refractivity contribution in [2.24, 2.45) is 0 Å². The first-order valence-electron chi connectivity index (χ1n) is 10.3. The van der Waals surface area contributed by atoms with Crippen molar-refractivity contribution in [3.63, 3.8) is 0 Å². The number of benzene rings is 2. The Morgan fingerprint density at radius 3 is 2.77 bits per heavy atom. The van der Waals surface area contributed by atoms with Gasteiger partial charge in [-0.25, -0.2) is 4.98 Å². The topological polar surface area (TPSA) is 87.1 Å². The molecule has 0 aliphatic rings. The molecule has 1 amide bonds. The van der Waals surface area contributed by atoms with Crippen LogP contribution in [-0.4, -0.2) is 23.5 Å². The van der Waals surface area contributed by atoms with Crippen molar-refractivity contribution in [1.82, 2.24) is 10.3 Å². The van der Waals surface area contributed by atoms with Crippen molar-refractivity contribution in [3.8, 4) is 17.0 Å². The van der Waals surface area contributed by atoms with Gasteiger partial charge in [-0.05, 0) is 44.0 Å². The van der Waals surface area contributed by atoms with Crippen molar-refractivity contribution in [2.75, 3.05) is 5.32 Å². The van der Waals surface area contributed by atoms with Crippen LogP contribution in [0.2, 0.25) is 0 Å². The van der Waals surface area contributed by atoms with Crippen LogP contribution in [0.25, 0.3) is 22.2 Å². The molecule has 0 bridgehead atoms. The third kappa shape index (κ3) is 4.95. The van der Waals surface area contributed by atoms with Crippen LogP contribution < -0.4 is 15.4 Å². The molecule has 3 aromatic rings. The highest BCUT2D eigenvalue weighted by molar-refractivity contribution is 6.06. The standard InChI is InChI=1S/C24H28N4O2/c1-4-5-10-17(3)30-22-13-8-12-19-23(22)21(28-24(25)26-15-29)14-20(27-19)18-11-7-6-9-16(18)2/h6-9,11-15,17H,4-5,10H2,1-3H3,(H3,25,26,27,28,29). The fourth-order valence-electron chi connectivity index (χ4n) is 3.45. The predicted molar refractivity (Wildman–Crippen MR) is 122 cm³/mol. The monoisotopic (exact) mass is 404 g/mol. The number of pyridine rings is 1. The lowest BCUT2D eigenvalue weighted by molar-refractivity contribution is -0.108. The predicted octanol–water partition coefficient (Wildman–Crippen LogP) is 5.26. The maximum atomic E-state index is 10.8. The molecule has 0 radical (unpaired) electrons. The van der Waals surface area contributed by atoms with E-state index in [4.69, 9.17) is 15.1 Å². The van der Waals surface area contributed by atoms with Crippen LogP contribution in [0.3, 0.4) is 0 Å². The summed E-state index contributed by atoms with van der Waals surface area (Å²) in [4.78, 5) is 15.7. The molecule has 1 atom stereocenters. The number of anilines is 1. The van der Waals surface area contributed by atoms with Gasteiger partial charge in [0.05, 0.1) is 28.4 Å². The van der Waals surface area contributed by atoms with Crippen molar-refractivity contribution in [3.05, 3.63) is 54.1 Å². The van der Waals surface area contributed by atoms with E-state index in [0.29, 0.717) is 17.8 Å². The largest absolute Gasteiger partial charge is 0.490 e. The highest BCUT2D eigenvalue weighted by Gasteiger charge is 2.16. The molecule has 0 aliphatic heterocycles. The van der Waals surface area contributed by atoms with Crippen LogP contribution >= 0.6 is 0 Å². The molecule has 0 saturated heterocycles. The van der Waals surface area contributed by atoms with Gasteiger partial charge >= 0.3 is 0 Å². The Labute approximate surface area is 177 Å². The summed E-state index contributed by atoms with van der Waals surface area (Å²) in [5, 5.41) is 14.1. The fourth-order valence-corrected chi connectivity index (χ4v) is 3.45. The lowest BCUT2D eigenvalue weighted by Crippen LogP contribution is -2.28. The highest BCUT2D eigenvalue weighted by atomic mass is 16.5. The highest BCUT2D eigenvalue weighted by Crippen LogP contribution is 2.36. The average Bonchev–Trinajstić information content (AvgIpc) is 2.72. The lowest BCUT2D eigenvalue weighted by atomic mass is 10.0. The van der Waals surface area contributed by atoms with E-state index in [9.17, 15) is 4.79 Å². The summed E-state index contributed by atoms with van der Waals surface area (Å²) < 4.78 is 6.24. The quantitative estimate of drug-likeness (QED) is 0.271. The summed E-state index contributed by atoms with van der Waals surface area (Å²) in [6.45, 7) is 6.27. The number of unbranched alkanes of at least 4 members (excludes halogenated alkanes) is 1. The molecule has 0 saturated carbocycles. The minimum Gasteiger partial charge on any atom is -0.490 e. The van der Waals surface area contributed by atoms with E-state index >= 15 is 0 Å². The van der Waals surface area contributed by atoms with Gasteiger partial charge in [0.1, 0.15) is 5.75 Å². The van der Waals surface area contributed by atoms with Crippen LogP contribution in [-0.2, 0) is 4.79 Å². The van der Waals surface area contributed by atoms with E-state index in [2.05, 4.69) is 24.5 Å². The third-order valence-electron chi connectivity index (χ3n) is 4.97. The van der Waals surface area contributed by atoms with Crippen LogP contribution in [0.4, 0.5) is 5.69 Å². The summed E-state index contributed by atoms with van der Waals surface area (Å²) in [6.07, 6.45) is 3.72. The number of hydrogen-bond acceptors (Lipinski definition) is 4. The maximum Gasteiger partial charge on any atom is 0.213 e. The van der Waals surface area contributed by atoms with Gasteiger partial charge in [-0.1, -0.05) is 50.1 Å². The van der Waals surface area contributed by atoms with Gasteiger partial charge in [0.25, 0.3) is 0 Å². The number of ether oxygens (including phenoxy) is 1. The number of nitrogens with zero attached hydrogens (tertiary/aromatic N) is 1. The molecule has 30 heavy (non-hydrogen) atoms. The first kappa shape index (κ1) is 21.3. The molecule has 2 aromatic carbocycles. The van der Waals surface area contributed by atoms with Crippen LogP contribution in [0.5, 0.6) is 5.75 Å². The number of fused-ring (bicyclic) bond motifs is 1. The Hall–Kier alpha value is -3.41. The Kier molecular flexibility index (Phi) is 7.01. The van der Waals surface area contributed by atoms with E-state index in [0.717, 1.165) is 47.0 Å². The molecule has 3 rings (SSSR count). The zero-order valence-corrected chi connectivity index (χ0v) is 17.7. The summed E-state index contributed by atoms with van der Waals surface area (Å²) in [6, 6.07) is 15.7. The molecule has 1 aromatic heterocycles. The van der Waals surface area contributed by atoms with Crippen molar-refractivity contribution < 1.29 is 9.53 Å². The molecular formula is C24H28N4O2. The Morgan fingerprint density at radius 1 is 1.23 bits per heavy atom. The number of aromatic nitrogens is 1. The van der Waals surface area contributed by atoms with Gasteiger partial charge in [-0.3, -0.25) is 15.5 Å². The number of aryl methyl sites for hydroxylation is 1. The first-order valence-corrected chi connectivity index (χ1v) is 10.3. The molecule has 0 fully saturated rings. The van der Waals surface area contributed by atoms with Crippen LogP contribution in [0.1, 0.15) is 38.7 Å². The fraction of sp³-hybridized carbons (Fsp3) is 0.292.